The summed E-state index contributed by atoms with van der Waals surface area (Å²) >= 11 is 0. The van der Waals surface area contributed by atoms with Crippen LogP contribution in [0, 0.1) is 11.2 Å². The van der Waals surface area contributed by atoms with Crippen LogP contribution >= 0.6 is 0 Å². The van der Waals surface area contributed by atoms with E-state index in [1.807, 2.05) is 0 Å². The zero-order valence-electron chi connectivity index (χ0n) is 24.3. The first-order valence-electron chi connectivity index (χ1n) is 14.6. The summed E-state index contributed by atoms with van der Waals surface area (Å²) in [6, 6.07) is 5.73. The molecule has 0 aliphatic heterocycles. The third-order valence-corrected chi connectivity index (χ3v) is 10.8. The van der Waals surface area contributed by atoms with Gasteiger partial charge in [-0.25, -0.2) is 17.5 Å². The van der Waals surface area contributed by atoms with Crippen LogP contribution < -0.4 is 0 Å². The van der Waals surface area contributed by atoms with Crippen molar-refractivity contribution in [3.8, 4) is 5.69 Å². The van der Waals surface area contributed by atoms with Gasteiger partial charge in [-0.05, 0) is 86.6 Å². The molecule has 3 aliphatic carbocycles. The molecule has 0 amide bonds. The third-order valence-electron chi connectivity index (χ3n) is 8.93. The largest absolute Gasteiger partial charge is 0.416 e. The molecule has 10 nitrogen and oxygen atoms in total. The number of sulfonamides is 1. The Morgan fingerprint density at radius 3 is 2.43 bits per heavy atom. The van der Waals surface area contributed by atoms with Crippen LogP contribution in [0.1, 0.15) is 66.0 Å². The molecule has 246 valence electrons. The molecule has 3 heterocycles. The minimum absolute atomic E-state index is 0.00849. The number of rotatable bonds is 8. The van der Waals surface area contributed by atoms with E-state index in [1.54, 1.807) is 10.8 Å². The summed E-state index contributed by atoms with van der Waals surface area (Å²) in [4.78, 5) is 18.5. The van der Waals surface area contributed by atoms with Gasteiger partial charge in [-0.15, -0.1) is 9.90 Å². The van der Waals surface area contributed by atoms with Crippen LogP contribution in [0.15, 0.2) is 65.6 Å². The van der Waals surface area contributed by atoms with E-state index < -0.39 is 68.1 Å². The lowest BCUT2D eigenvalue weighted by atomic mass is 9.60. The fraction of sp³-hybridized carbons (Fsp3) is 0.367. The highest BCUT2D eigenvalue weighted by atomic mass is 32.2. The van der Waals surface area contributed by atoms with Crippen molar-refractivity contribution < 1.29 is 39.6 Å². The van der Waals surface area contributed by atoms with E-state index in [9.17, 15) is 39.6 Å². The Morgan fingerprint density at radius 2 is 1.77 bits per heavy atom. The van der Waals surface area contributed by atoms with Crippen LogP contribution in [0.5, 0.6) is 0 Å². The number of fused-ring (bicyclic) bond motifs is 2. The Kier molecular flexibility index (Phi) is 7.38. The van der Waals surface area contributed by atoms with Crippen molar-refractivity contribution >= 4 is 21.9 Å². The Hall–Kier alpha value is -4.38. The minimum atomic E-state index is -4.74. The van der Waals surface area contributed by atoms with Crippen molar-refractivity contribution in [3.05, 3.63) is 88.9 Å². The van der Waals surface area contributed by atoms with Gasteiger partial charge in [0.1, 0.15) is 11.5 Å². The van der Waals surface area contributed by atoms with Crippen LogP contribution in [0.3, 0.4) is 0 Å². The highest BCUT2D eigenvalue weighted by Gasteiger charge is 2.54. The number of ketones is 1. The number of Topliss-reactive ketones (excluding diaryl/α,β-unsaturated/α-hetero) is 1. The Bertz CT molecular complexity index is 2000. The average molecular weight is 678 g/mol. The molecule has 0 radical (unpaired) electrons. The van der Waals surface area contributed by atoms with Crippen molar-refractivity contribution in [1.29, 1.82) is 0 Å². The summed E-state index contributed by atoms with van der Waals surface area (Å²) in [6.07, 6.45) is 1.42. The van der Waals surface area contributed by atoms with Crippen molar-refractivity contribution in [3.63, 3.8) is 0 Å². The van der Waals surface area contributed by atoms with Gasteiger partial charge < -0.3 is 0 Å². The van der Waals surface area contributed by atoms with Gasteiger partial charge in [-0.1, -0.05) is 5.57 Å². The lowest BCUT2D eigenvalue weighted by Crippen LogP contribution is -2.51. The topological polar surface area (TPSA) is 116 Å². The maximum absolute atomic E-state index is 14.5. The number of hydrogen-bond donors (Lipinski definition) is 0. The predicted octanol–water partition coefficient (Wildman–Crippen LogP) is 5.63. The SMILES string of the molecule is O=C(c1cc(C(F)(F)F)ccn1)[C@]12Cc3cnn(-c4ccc(F)cc4)c3C=C1CC[C@H](N(C1CC1)S(=O)(=O)c1cnn(C(F)F)n1)C2. The molecule has 0 saturated heterocycles. The number of aromatic nitrogens is 6. The molecule has 1 aromatic carbocycles. The molecular weight excluding hydrogens is 652 g/mol. The first kappa shape index (κ1) is 31.2. The van der Waals surface area contributed by atoms with Gasteiger partial charge in [0.2, 0.25) is 5.03 Å². The predicted molar refractivity (Wildman–Crippen MR) is 152 cm³/mol. The molecule has 2 fully saturated rings. The second kappa shape index (κ2) is 11.1. The van der Waals surface area contributed by atoms with E-state index in [2.05, 4.69) is 20.3 Å². The Labute approximate surface area is 263 Å². The maximum atomic E-state index is 14.5. The van der Waals surface area contributed by atoms with Crippen LogP contribution in [0.2, 0.25) is 0 Å². The van der Waals surface area contributed by atoms with Crippen LogP contribution in [-0.4, -0.2) is 60.3 Å². The van der Waals surface area contributed by atoms with Crippen molar-refractivity contribution in [1.82, 2.24) is 34.1 Å². The zero-order chi connectivity index (χ0) is 33.3. The van der Waals surface area contributed by atoms with E-state index in [-0.39, 0.29) is 30.5 Å². The second-order valence-corrected chi connectivity index (χ2v) is 13.7. The van der Waals surface area contributed by atoms with Gasteiger partial charge >= 0.3 is 12.7 Å². The van der Waals surface area contributed by atoms with E-state index in [4.69, 9.17) is 0 Å². The lowest BCUT2D eigenvalue weighted by molar-refractivity contribution is -0.137. The second-order valence-electron chi connectivity index (χ2n) is 11.9. The minimum Gasteiger partial charge on any atom is -0.291 e. The quantitative estimate of drug-likeness (QED) is 0.176. The van der Waals surface area contributed by atoms with Crippen molar-refractivity contribution in [2.75, 3.05) is 0 Å². The highest BCUT2D eigenvalue weighted by Crippen LogP contribution is 2.52. The first-order valence-corrected chi connectivity index (χ1v) is 16.1. The summed E-state index contributed by atoms with van der Waals surface area (Å²) in [5, 5.41) is 10.6. The van der Waals surface area contributed by atoms with Gasteiger partial charge in [0.05, 0.1) is 34.8 Å². The summed E-state index contributed by atoms with van der Waals surface area (Å²) in [7, 11) is -4.46. The molecule has 7 rings (SSSR count). The van der Waals surface area contributed by atoms with E-state index >= 15 is 0 Å². The molecule has 4 aromatic rings. The molecule has 0 N–H and O–H groups in total. The number of halogens is 6. The zero-order valence-corrected chi connectivity index (χ0v) is 25.1. The molecule has 2 atom stereocenters. The van der Waals surface area contributed by atoms with Gasteiger partial charge in [-0.3, -0.25) is 9.78 Å². The standard InChI is InChI=1S/C30H25F6N7O3S/c31-20-2-5-21(6-3-20)41-25-12-18-1-4-23(42(22-7-8-22)47(45,46)26-16-39-43(40-26)28(32)33)14-29(18,13-17(25)15-38-41)27(44)24-11-19(9-10-37-24)30(34,35)36/h2-3,5-6,9-12,15-16,22-23,28H,1,4,7-8,13-14H2/t23-,29-/m0/s1. The molecular formula is C30H25F6N7O3S. The van der Waals surface area contributed by atoms with Crippen molar-refractivity contribution in [2.24, 2.45) is 5.41 Å². The molecule has 0 spiro atoms. The number of alkyl halides is 5. The Morgan fingerprint density at radius 1 is 1.02 bits per heavy atom. The molecule has 47 heavy (non-hydrogen) atoms. The fourth-order valence-corrected chi connectivity index (χ4v) is 8.43. The molecule has 0 unspecified atom stereocenters. The Balaban J connectivity index is 1.32. The van der Waals surface area contributed by atoms with E-state index in [0.717, 1.165) is 18.5 Å². The number of pyridine rings is 1. The fourth-order valence-electron chi connectivity index (χ4n) is 6.67. The lowest BCUT2D eigenvalue weighted by Gasteiger charge is -2.46. The average Bonchev–Trinajstić information content (AvgIpc) is 3.55. The van der Waals surface area contributed by atoms with Gasteiger partial charge in [0, 0.05) is 18.3 Å². The molecule has 3 aliphatic rings. The van der Waals surface area contributed by atoms with Crippen LogP contribution in [0.25, 0.3) is 11.8 Å². The number of carbonyl (C=O) groups is 1. The van der Waals surface area contributed by atoms with Crippen LogP contribution in [0.4, 0.5) is 26.3 Å². The third kappa shape index (κ3) is 5.44. The summed E-state index contributed by atoms with van der Waals surface area (Å²) in [5.74, 6) is -1.16. The van der Waals surface area contributed by atoms with Crippen LogP contribution in [-0.2, 0) is 22.6 Å². The maximum Gasteiger partial charge on any atom is 0.416 e. The molecule has 0 bridgehead atoms. The number of allylic oxidation sites excluding steroid dienone is 1. The van der Waals surface area contributed by atoms with Gasteiger partial charge in [-0.2, -0.15) is 36.5 Å². The monoisotopic (exact) mass is 677 g/mol. The highest BCUT2D eigenvalue weighted by molar-refractivity contribution is 7.89. The number of carbonyl (C=O) groups excluding carboxylic acids is 1. The van der Waals surface area contributed by atoms with Crippen molar-refractivity contribution in [2.45, 2.75) is 68.4 Å². The normalized spacial score (nSPS) is 21.4. The van der Waals surface area contributed by atoms with E-state index in [0.29, 0.717) is 41.4 Å². The number of hydrogen-bond acceptors (Lipinski definition) is 7. The smallest absolute Gasteiger partial charge is 0.291 e. The first-order chi connectivity index (χ1) is 22.3. The molecule has 17 heteroatoms. The summed E-state index contributed by atoms with van der Waals surface area (Å²) in [6.45, 7) is -3.16. The summed E-state index contributed by atoms with van der Waals surface area (Å²) < 4.78 is 112. The number of nitrogens with zero attached hydrogens (tertiary/aromatic N) is 7. The van der Waals surface area contributed by atoms with E-state index in [1.165, 1.54) is 34.8 Å². The van der Waals surface area contributed by atoms with Gasteiger partial charge in [0.15, 0.2) is 5.78 Å². The number of benzene rings is 1. The van der Waals surface area contributed by atoms with Gasteiger partial charge in [0.25, 0.3) is 10.0 Å². The molecule has 3 aromatic heterocycles. The molecule has 2 saturated carbocycles. The summed E-state index contributed by atoms with van der Waals surface area (Å²) in [5.41, 5.74) is -0.727.